The number of halogens is 2. The fraction of sp³-hybridized carbons (Fsp3) is 0.379. The van der Waals surface area contributed by atoms with Gasteiger partial charge in [-0.2, -0.15) is 0 Å². The van der Waals surface area contributed by atoms with Crippen LogP contribution in [-0.4, -0.2) is 17.5 Å². The summed E-state index contributed by atoms with van der Waals surface area (Å²) in [5.74, 6) is -1.04. The molecule has 0 heterocycles. The third kappa shape index (κ3) is 8.55. The molecule has 0 fully saturated rings. The Kier molecular flexibility index (Phi) is 13.2. The molecule has 3 aromatic carbocycles. The number of hydrogen-bond acceptors (Lipinski definition) is 1. The first-order valence-corrected chi connectivity index (χ1v) is 11.8. The lowest BCUT2D eigenvalue weighted by Gasteiger charge is -2.37. The van der Waals surface area contributed by atoms with Gasteiger partial charge >= 0.3 is 0 Å². The number of benzene rings is 3. The van der Waals surface area contributed by atoms with Crippen molar-refractivity contribution in [2.45, 2.75) is 66.5 Å². The molecular formula is C29H39F2N. The van der Waals surface area contributed by atoms with Gasteiger partial charge in [0.2, 0.25) is 0 Å². The molecule has 0 unspecified atom stereocenters. The fourth-order valence-electron chi connectivity index (χ4n) is 3.95. The molecule has 1 nitrogen and oxygen atoms in total. The van der Waals surface area contributed by atoms with Crippen LogP contribution in [0, 0.1) is 18.6 Å². The summed E-state index contributed by atoms with van der Waals surface area (Å²) in [6, 6.07) is 26.2. The summed E-state index contributed by atoms with van der Waals surface area (Å²) in [6.45, 7) is 13.6. The minimum atomic E-state index is -0.521. The maximum absolute atomic E-state index is 12.2. The van der Waals surface area contributed by atoms with E-state index in [4.69, 9.17) is 0 Å². The molecular weight excluding hydrogens is 400 g/mol. The van der Waals surface area contributed by atoms with Crippen molar-refractivity contribution in [2.75, 3.05) is 6.54 Å². The minimum Gasteiger partial charge on any atom is -0.290 e. The Labute approximate surface area is 194 Å². The monoisotopic (exact) mass is 439 g/mol. The van der Waals surface area contributed by atoms with E-state index in [9.17, 15) is 8.78 Å². The Balaban J connectivity index is 0.000000388. The molecule has 0 aliphatic rings. The van der Waals surface area contributed by atoms with Crippen molar-refractivity contribution in [3.05, 3.63) is 107 Å². The van der Waals surface area contributed by atoms with Crippen LogP contribution in [0.2, 0.25) is 0 Å². The molecule has 0 N–H and O–H groups in total. The molecule has 0 aliphatic heterocycles. The molecule has 0 aromatic heterocycles. The van der Waals surface area contributed by atoms with E-state index in [1.807, 2.05) is 13.8 Å². The second-order valence-electron chi connectivity index (χ2n) is 7.47. The zero-order valence-corrected chi connectivity index (χ0v) is 20.5. The molecule has 0 aliphatic carbocycles. The molecule has 0 saturated carbocycles. The molecule has 0 spiro atoms. The summed E-state index contributed by atoms with van der Waals surface area (Å²) in [5, 5.41) is 0. The van der Waals surface area contributed by atoms with E-state index < -0.39 is 11.6 Å². The van der Waals surface area contributed by atoms with Crippen LogP contribution in [0.1, 0.15) is 70.2 Å². The molecule has 0 bridgehead atoms. The molecule has 0 atom stereocenters. The predicted octanol–water partition coefficient (Wildman–Crippen LogP) is 8.59. The highest BCUT2D eigenvalue weighted by Crippen LogP contribution is 2.31. The van der Waals surface area contributed by atoms with Crippen molar-refractivity contribution >= 4 is 0 Å². The van der Waals surface area contributed by atoms with Gasteiger partial charge in [-0.3, -0.25) is 4.90 Å². The molecule has 32 heavy (non-hydrogen) atoms. The van der Waals surface area contributed by atoms with Gasteiger partial charge in [-0.05, 0) is 55.1 Å². The summed E-state index contributed by atoms with van der Waals surface area (Å²) >= 11 is 0. The Bertz CT molecular complexity index is 771. The fourth-order valence-corrected chi connectivity index (χ4v) is 3.95. The van der Waals surface area contributed by atoms with Gasteiger partial charge < -0.3 is 0 Å². The zero-order valence-electron chi connectivity index (χ0n) is 20.5. The summed E-state index contributed by atoms with van der Waals surface area (Å²) < 4.78 is 24.4. The number of nitrogens with zero attached hydrogens (tertiary/aromatic N) is 1. The van der Waals surface area contributed by atoms with Gasteiger partial charge in [-0.1, -0.05) is 95.3 Å². The van der Waals surface area contributed by atoms with Gasteiger partial charge in [0.05, 0.1) is 6.04 Å². The summed E-state index contributed by atoms with van der Waals surface area (Å²) in [6.07, 6.45) is 2.39. The lowest BCUT2D eigenvalue weighted by atomic mass is 9.94. The molecule has 0 saturated heterocycles. The minimum absolute atomic E-state index is 0.349. The van der Waals surface area contributed by atoms with E-state index in [1.54, 1.807) is 6.92 Å². The summed E-state index contributed by atoms with van der Waals surface area (Å²) in [7, 11) is 0. The third-order valence-electron chi connectivity index (χ3n) is 5.35. The van der Waals surface area contributed by atoms with E-state index in [1.165, 1.54) is 36.1 Å². The highest BCUT2D eigenvalue weighted by Gasteiger charge is 2.25. The van der Waals surface area contributed by atoms with E-state index in [0.717, 1.165) is 12.6 Å². The Hall–Kier alpha value is -2.52. The van der Waals surface area contributed by atoms with Crippen LogP contribution in [0.5, 0.6) is 0 Å². The highest BCUT2D eigenvalue weighted by molar-refractivity contribution is 5.32. The normalized spacial score (nSPS) is 10.5. The SMILES string of the molecule is CC.CCC(CC)N(CC)C(c1ccccc1)c1ccccc1.Cc1cc(F)cc(F)c1. The van der Waals surface area contributed by atoms with Crippen molar-refractivity contribution in [1.82, 2.24) is 4.90 Å². The van der Waals surface area contributed by atoms with Gasteiger partial charge in [0.25, 0.3) is 0 Å². The van der Waals surface area contributed by atoms with Gasteiger partial charge in [0.15, 0.2) is 0 Å². The van der Waals surface area contributed by atoms with Gasteiger partial charge in [-0.15, -0.1) is 0 Å². The Morgan fingerprint density at radius 1 is 0.688 bits per heavy atom. The van der Waals surface area contributed by atoms with Crippen molar-refractivity contribution in [3.8, 4) is 0 Å². The number of hydrogen-bond donors (Lipinski definition) is 0. The topological polar surface area (TPSA) is 3.24 Å². The van der Waals surface area contributed by atoms with Crippen LogP contribution in [-0.2, 0) is 0 Å². The molecule has 0 amide bonds. The third-order valence-corrected chi connectivity index (χ3v) is 5.35. The first kappa shape index (κ1) is 27.5. The van der Waals surface area contributed by atoms with Gasteiger partial charge in [0.1, 0.15) is 11.6 Å². The number of aryl methyl sites for hydroxylation is 1. The van der Waals surface area contributed by atoms with Crippen LogP contribution in [0.4, 0.5) is 8.78 Å². The quantitative estimate of drug-likeness (QED) is 0.356. The summed E-state index contributed by atoms with van der Waals surface area (Å²) in [5.41, 5.74) is 3.38. The second-order valence-corrected chi connectivity index (χ2v) is 7.47. The smallest absolute Gasteiger partial charge is 0.126 e. The van der Waals surface area contributed by atoms with E-state index >= 15 is 0 Å². The average molecular weight is 440 g/mol. The molecule has 174 valence electrons. The molecule has 3 aromatic rings. The van der Waals surface area contributed by atoms with Crippen LogP contribution in [0.3, 0.4) is 0 Å². The average Bonchev–Trinajstić information content (AvgIpc) is 2.81. The Morgan fingerprint density at radius 2 is 1.09 bits per heavy atom. The van der Waals surface area contributed by atoms with Crippen molar-refractivity contribution in [3.63, 3.8) is 0 Å². The van der Waals surface area contributed by atoms with Crippen LogP contribution in [0.25, 0.3) is 0 Å². The van der Waals surface area contributed by atoms with E-state index in [-0.39, 0.29) is 0 Å². The van der Waals surface area contributed by atoms with E-state index in [2.05, 4.69) is 86.3 Å². The van der Waals surface area contributed by atoms with Gasteiger partial charge in [0, 0.05) is 12.1 Å². The zero-order chi connectivity index (χ0) is 23.9. The molecule has 3 rings (SSSR count). The standard InChI is InChI=1S/C20H27N.C7H6F2.C2H6/c1-4-19(5-2)21(6-3)20(17-13-9-7-10-14-17)18-15-11-8-12-16-18;1-5-2-6(8)4-7(9)3-5;1-2/h7-16,19-20H,4-6H2,1-3H3;2-4H,1H3;1-2H3. The van der Waals surface area contributed by atoms with Crippen molar-refractivity contribution in [2.24, 2.45) is 0 Å². The maximum atomic E-state index is 12.2. The first-order valence-electron chi connectivity index (χ1n) is 11.8. The largest absolute Gasteiger partial charge is 0.290 e. The lowest BCUT2D eigenvalue weighted by Crippen LogP contribution is -2.38. The highest BCUT2D eigenvalue weighted by atomic mass is 19.1. The van der Waals surface area contributed by atoms with Crippen LogP contribution >= 0.6 is 0 Å². The van der Waals surface area contributed by atoms with E-state index in [0.29, 0.717) is 17.6 Å². The van der Waals surface area contributed by atoms with Crippen LogP contribution < -0.4 is 0 Å². The predicted molar refractivity (Wildman–Crippen MR) is 134 cm³/mol. The lowest BCUT2D eigenvalue weighted by molar-refractivity contribution is 0.155. The molecule has 0 radical (unpaired) electrons. The summed E-state index contributed by atoms with van der Waals surface area (Å²) in [4.78, 5) is 2.64. The van der Waals surface area contributed by atoms with Gasteiger partial charge in [-0.25, -0.2) is 8.78 Å². The van der Waals surface area contributed by atoms with Crippen LogP contribution in [0.15, 0.2) is 78.9 Å². The Morgan fingerprint density at radius 3 is 1.41 bits per heavy atom. The first-order chi connectivity index (χ1) is 15.5. The maximum Gasteiger partial charge on any atom is 0.126 e. The second kappa shape index (κ2) is 15.3. The number of rotatable bonds is 7. The van der Waals surface area contributed by atoms with Crippen molar-refractivity contribution < 1.29 is 8.78 Å². The molecule has 3 heteroatoms. The van der Waals surface area contributed by atoms with Crippen molar-refractivity contribution in [1.29, 1.82) is 0 Å².